The summed E-state index contributed by atoms with van der Waals surface area (Å²) in [6.07, 6.45) is 0. The van der Waals surface area contributed by atoms with Crippen LogP contribution < -0.4 is 5.32 Å². The number of nitrogens with zero attached hydrogens (tertiary/aromatic N) is 1. The van der Waals surface area contributed by atoms with E-state index in [1.165, 1.54) is 6.07 Å². The standard InChI is InChI=1S/C14H11FN2O2/c1-16-13-5-3-10(14(15)17-13)12-7-8-6-9(18)2-4-11(8)19-12/h2-7,18H,1H3,(H,16,17)/i15-1. The molecule has 4 nitrogen and oxygen atoms in total. The Hall–Kier alpha value is -2.56. The highest BCUT2D eigenvalue weighted by Crippen LogP contribution is 2.31. The summed E-state index contributed by atoms with van der Waals surface area (Å²) in [5.41, 5.74) is 0.875. The lowest BCUT2D eigenvalue weighted by molar-refractivity contribution is 0.476. The van der Waals surface area contributed by atoms with Gasteiger partial charge in [-0.1, -0.05) is 0 Å². The molecule has 2 heterocycles. The number of aromatic hydroxyl groups is 1. The molecule has 0 saturated heterocycles. The third-order valence-corrected chi connectivity index (χ3v) is 2.87. The van der Waals surface area contributed by atoms with Gasteiger partial charge >= 0.3 is 0 Å². The summed E-state index contributed by atoms with van der Waals surface area (Å²) >= 11 is 0. The van der Waals surface area contributed by atoms with Crippen molar-refractivity contribution in [3.8, 4) is 17.1 Å². The van der Waals surface area contributed by atoms with Crippen molar-refractivity contribution < 1.29 is 13.9 Å². The van der Waals surface area contributed by atoms with Gasteiger partial charge in [0.15, 0.2) is 0 Å². The number of phenols is 1. The van der Waals surface area contributed by atoms with Crippen LogP contribution in [-0.2, 0) is 0 Å². The molecule has 0 bridgehead atoms. The number of nitrogens with one attached hydrogen (secondary N) is 1. The van der Waals surface area contributed by atoms with Crippen molar-refractivity contribution in [2.75, 3.05) is 12.4 Å². The van der Waals surface area contributed by atoms with E-state index in [0.717, 1.165) is 0 Å². The number of hydrogen-bond acceptors (Lipinski definition) is 4. The largest absolute Gasteiger partial charge is 0.508 e. The molecule has 19 heavy (non-hydrogen) atoms. The quantitative estimate of drug-likeness (QED) is 0.691. The number of benzene rings is 1. The normalized spacial score (nSPS) is 10.8. The zero-order chi connectivity index (χ0) is 13.4. The minimum absolute atomic E-state index is 0.143. The van der Waals surface area contributed by atoms with Crippen LogP contribution in [0.25, 0.3) is 22.3 Å². The van der Waals surface area contributed by atoms with E-state index in [1.807, 2.05) is 0 Å². The van der Waals surface area contributed by atoms with E-state index in [1.54, 1.807) is 37.4 Å². The van der Waals surface area contributed by atoms with Crippen LogP contribution >= 0.6 is 0 Å². The number of rotatable bonds is 2. The molecular formula is C14H11FN2O2. The number of pyridine rings is 1. The van der Waals surface area contributed by atoms with Gasteiger partial charge in [-0.25, -0.2) is 4.98 Å². The van der Waals surface area contributed by atoms with Crippen LogP contribution in [0.2, 0.25) is 0 Å². The van der Waals surface area contributed by atoms with Crippen molar-refractivity contribution >= 4 is 16.8 Å². The van der Waals surface area contributed by atoms with Crippen LogP contribution in [0.3, 0.4) is 0 Å². The molecule has 0 unspecified atom stereocenters. The first-order valence-electron chi connectivity index (χ1n) is 5.74. The molecule has 0 saturated carbocycles. The van der Waals surface area contributed by atoms with Crippen molar-refractivity contribution in [2.24, 2.45) is 0 Å². The maximum absolute atomic E-state index is 13.9. The fraction of sp³-hybridized carbons (Fsp3) is 0.0714. The fourth-order valence-electron chi connectivity index (χ4n) is 1.92. The molecular weight excluding hydrogens is 246 g/mol. The average molecular weight is 257 g/mol. The summed E-state index contributed by atoms with van der Waals surface area (Å²) in [5, 5.41) is 12.9. The van der Waals surface area contributed by atoms with Crippen molar-refractivity contribution in [1.29, 1.82) is 0 Å². The third kappa shape index (κ3) is 1.99. The lowest BCUT2D eigenvalue weighted by Crippen LogP contribution is -1.95. The molecule has 3 aromatic rings. The summed E-state index contributed by atoms with van der Waals surface area (Å²) in [6.45, 7) is 0. The van der Waals surface area contributed by atoms with E-state index in [2.05, 4.69) is 10.3 Å². The van der Waals surface area contributed by atoms with Gasteiger partial charge in [0.05, 0.1) is 5.56 Å². The third-order valence-electron chi connectivity index (χ3n) is 2.87. The second-order valence-electron chi connectivity index (χ2n) is 4.12. The number of hydrogen-bond donors (Lipinski definition) is 2. The van der Waals surface area contributed by atoms with Crippen LogP contribution in [0.4, 0.5) is 10.2 Å². The van der Waals surface area contributed by atoms with Gasteiger partial charge in [-0.15, -0.1) is 0 Å². The molecule has 0 fully saturated rings. The summed E-state index contributed by atoms with van der Waals surface area (Å²) < 4.78 is 19.4. The summed E-state index contributed by atoms with van der Waals surface area (Å²) in [4.78, 5) is 3.77. The Bertz CT molecular complexity index is 752. The van der Waals surface area contributed by atoms with Gasteiger partial charge in [-0.05, 0) is 36.4 Å². The number of aromatic nitrogens is 1. The van der Waals surface area contributed by atoms with Gasteiger partial charge in [0.1, 0.15) is 22.9 Å². The SMILES string of the molecule is CNc1ccc(-c2cc3cc(O)ccc3o2)c([18F])n1. The van der Waals surface area contributed by atoms with Gasteiger partial charge in [0.2, 0.25) is 5.95 Å². The minimum atomic E-state index is -0.602. The minimum Gasteiger partial charge on any atom is -0.508 e. The zero-order valence-corrected chi connectivity index (χ0v) is 10.1. The Labute approximate surface area is 108 Å². The monoisotopic (exact) mass is 257 g/mol. The molecule has 3 rings (SSSR count). The predicted molar refractivity (Wildman–Crippen MR) is 70.6 cm³/mol. The second kappa shape index (κ2) is 4.28. The lowest BCUT2D eigenvalue weighted by Gasteiger charge is -2.01. The Balaban J connectivity index is 2.13. The van der Waals surface area contributed by atoms with Crippen LogP contribution in [0, 0.1) is 5.95 Å². The highest BCUT2D eigenvalue weighted by Gasteiger charge is 2.12. The Morgan fingerprint density at radius 2 is 2.05 bits per heavy atom. The smallest absolute Gasteiger partial charge is 0.225 e. The second-order valence-corrected chi connectivity index (χ2v) is 4.12. The maximum Gasteiger partial charge on any atom is 0.225 e. The maximum atomic E-state index is 13.9. The average Bonchev–Trinajstić information content (AvgIpc) is 2.81. The molecule has 2 N–H and O–H groups in total. The molecule has 1 aromatic carbocycles. The number of halogens is 1. The van der Waals surface area contributed by atoms with Crippen LogP contribution in [0.1, 0.15) is 0 Å². The van der Waals surface area contributed by atoms with E-state index in [-0.39, 0.29) is 11.3 Å². The first kappa shape index (κ1) is 11.5. The van der Waals surface area contributed by atoms with Crippen molar-refractivity contribution in [3.05, 3.63) is 42.3 Å². The molecule has 0 atom stereocenters. The van der Waals surface area contributed by atoms with E-state index >= 15 is 0 Å². The zero-order valence-electron chi connectivity index (χ0n) is 10.1. The Morgan fingerprint density at radius 1 is 1.21 bits per heavy atom. The van der Waals surface area contributed by atoms with E-state index in [0.29, 0.717) is 22.5 Å². The number of fused-ring (bicyclic) bond motifs is 1. The molecule has 5 heteroatoms. The van der Waals surface area contributed by atoms with Gasteiger partial charge in [0, 0.05) is 12.4 Å². The van der Waals surface area contributed by atoms with Crippen LogP contribution in [-0.4, -0.2) is 17.1 Å². The van der Waals surface area contributed by atoms with Gasteiger partial charge in [-0.3, -0.25) is 0 Å². The highest BCUT2D eigenvalue weighted by atomic mass is 18.2. The topological polar surface area (TPSA) is 58.3 Å². The summed E-state index contributed by atoms with van der Waals surface area (Å²) in [7, 11) is 1.67. The van der Waals surface area contributed by atoms with Crippen LogP contribution in [0.15, 0.2) is 40.8 Å². The van der Waals surface area contributed by atoms with E-state index in [9.17, 15) is 9.50 Å². The van der Waals surface area contributed by atoms with Gasteiger partial charge in [-0.2, -0.15) is 4.39 Å². The molecule has 96 valence electrons. The van der Waals surface area contributed by atoms with Gasteiger partial charge in [0.25, 0.3) is 0 Å². The first-order valence-corrected chi connectivity index (χ1v) is 5.74. The number of phenolic OH excluding ortho intramolecular Hbond substituents is 1. The number of furan rings is 1. The molecule has 0 amide bonds. The molecule has 0 radical (unpaired) electrons. The summed E-state index contributed by atoms with van der Waals surface area (Å²) in [6, 6.07) is 9.68. The van der Waals surface area contributed by atoms with E-state index in [4.69, 9.17) is 4.42 Å². The predicted octanol–water partition coefficient (Wildman–Crippen LogP) is 3.38. The molecule has 0 spiro atoms. The van der Waals surface area contributed by atoms with Crippen molar-refractivity contribution in [2.45, 2.75) is 0 Å². The summed E-state index contributed by atoms with van der Waals surface area (Å²) in [5.74, 6) is 0.377. The molecule has 0 aliphatic carbocycles. The van der Waals surface area contributed by atoms with Gasteiger partial charge < -0.3 is 14.8 Å². The molecule has 2 aromatic heterocycles. The van der Waals surface area contributed by atoms with Crippen LogP contribution in [0.5, 0.6) is 5.75 Å². The Kier molecular flexibility index (Phi) is 2.59. The van der Waals surface area contributed by atoms with E-state index < -0.39 is 5.95 Å². The molecule has 0 aliphatic rings. The number of anilines is 1. The fourth-order valence-corrected chi connectivity index (χ4v) is 1.92. The highest BCUT2D eigenvalue weighted by molar-refractivity contribution is 5.84. The first-order chi connectivity index (χ1) is 9.17. The van der Waals surface area contributed by atoms with Crippen molar-refractivity contribution in [3.63, 3.8) is 0 Å². The molecule has 0 aliphatic heterocycles. The lowest BCUT2D eigenvalue weighted by atomic mass is 10.2. The Morgan fingerprint density at radius 3 is 2.79 bits per heavy atom. The van der Waals surface area contributed by atoms with Crippen molar-refractivity contribution in [1.82, 2.24) is 4.98 Å².